The van der Waals surface area contributed by atoms with Crippen molar-refractivity contribution < 1.29 is 4.74 Å². The zero-order chi connectivity index (χ0) is 8.81. The number of nitrogen functional groups attached to an aromatic ring is 1. The van der Waals surface area contributed by atoms with Crippen molar-refractivity contribution >= 4 is 28.4 Å². The predicted octanol–water partition coefficient (Wildman–Crippen LogP) is 1.25. The van der Waals surface area contributed by atoms with E-state index in [1.807, 2.05) is 0 Å². The highest BCUT2D eigenvalue weighted by atomic mass is 32.2. The number of hydrogen-bond acceptors (Lipinski definition) is 6. The molecule has 0 fully saturated rings. The van der Waals surface area contributed by atoms with Crippen LogP contribution in [0.15, 0.2) is 5.16 Å². The number of anilines is 1. The van der Waals surface area contributed by atoms with Gasteiger partial charge in [0, 0.05) is 31.0 Å². The molecule has 0 aromatic carbocycles. The first kappa shape index (κ1) is 9.76. The smallest absolute Gasteiger partial charge is 0.201 e. The first-order valence-corrected chi connectivity index (χ1v) is 5.29. The molecule has 0 spiro atoms. The SMILES string of the molecule is COCCCSc1nsc(N)n1. The number of methoxy groups -OCH3 is 1. The Labute approximate surface area is 79.7 Å². The Morgan fingerprint density at radius 1 is 1.67 bits per heavy atom. The number of aromatic nitrogens is 2. The van der Waals surface area contributed by atoms with Gasteiger partial charge in [0.25, 0.3) is 0 Å². The molecule has 6 heteroatoms. The van der Waals surface area contributed by atoms with Crippen LogP contribution in [0.3, 0.4) is 0 Å². The highest BCUT2D eigenvalue weighted by molar-refractivity contribution is 7.99. The van der Waals surface area contributed by atoms with Gasteiger partial charge in [0.15, 0.2) is 0 Å². The second-order valence-corrected chi connectivity index (χ2v) is 3.96. The lowest BCUT2D eigenvalue weighted by molar-refractivity contribution is 0.200. The van der Waals surface area contributed by atoms with Crippen LogP contribution in [0, 0.1) is 0 Å². The van der Waals surface area contributed by atoms with Crippen LogP contribution < -0.4 is 5.73 Å². The quantitative estimate of drug-likeness (QED) is 0.579. The van der Waals surface area contributed by atoms with Crippen LogP contribution in [0.25, 0.3) is 0 Å². The molecule has 4 nitrogen and oxygen atoms in total. The molecular formula is C6H11N3OS2. The maximum Gasteiger partial charge on any atom is 0.201 e. The van der Waals surface area contributed by atoms with Crippen LogP contribution in [-0.2, 0) is 4.74 Å². The number of hydrogen-bond donors (Lipinski definition) is 1. The van der Waals surface area contributed by atoms with Gasteiger partial charge in [-0.3, -0.25) is 0 Å². The fraction of sp³-hybridized carbons (Fsp3) is 0.667. The van der Waals surface area contributed by atoms with Crippen LogP contribution in [-0.4, -0.2) is 28.8 Å². The lowest BCUT2D eigenvalue weighted by atomic mass is 10.5. The van der Waals surface area contributed by atoms with Crippen molar-refractivity contribution in [1.82, 2.24) is 9.36 Å². The van der Waals surface area contributed by atoms with Crippen molar-refractivity contribution in [3.8, 4) is 0 Å². The molecule has 1 rings (SSSR count). The fourth-order valence-electron chi connectivity index (χ4n) is 0.646. The normalized spacial score (nSPS) is 10.4. The summed E-state index contributed by atoms with van der Waals surface area (Å²) in [5.74, 6) is 0.976. The molecule has 12 heavy (non-hydrogen) atoms. The fourth-order valence-corrected chi connectivity index (χ4v) is 1.97. The summed E-state index contributed by atoms with van der Waals surface area (Å²) in [7, 11) is 1.70. The number of ether oxygens (including phenoxy) is 1. The summed E-state index contributed by atoms with van der Waals surface area (Å²) in [6.07, 6.45) is 1.01. The largest absolute Gasteiger partial charge is 0.385 e. The molecule has 0 amide bonds. The third-order valence-electron chi connectivity index (χ3n) is 1.15. The Bertz CT molecular complexity index is 228. The zero-order valence-electron chi connectivity index (χ0n) is 6.82. The van der Waals surface area contributed by atoms with Gasteiger partial charge in [0.05, 0.1) is 0 Å². The van der Waals surface area contributed by atoms with Gasteiger partial charge >= 0.3 is 0 Å². The Morgan fingerprint density at radius 3 is 3.08 bits per heavy atom. The van der Waals surface area contributed by atoms with Crippen molar-refractivity contribution in [2.75, 3.05) is 25.2 Å². The van der Waals surface area contributed by atoms with E-state index in [1.165, 1.54) is 11.5 Å². The van der Waals surface area contributed by atoms with Gasteiger partial charge in [0.2, 0.25) is 10.3 Å². The van der Waals surface area contributed by atoms with Crippen molar-refractivity contribution in [3.05, 3.63) is 0 Å². The van der Waals surface area contributed by atoms with Crippen molar-refractivity contribution in [2.45, 2.75) is 11.6 Å². The van der Waals surface area contributed by atoms with Gasteiger partial charge in [-0.2, -0.15) is 9.36 Å². The summed E-state index contributed by atoms with van der Waals surface area (Å²) in [6.45, 7) is 0.784. The lowest BCUT2D eigenvalue weighted by Crippen LogP contribution is -1.90. The van der Waals surface area contributed by atoms with Gasteiger partial charge in [-0.05, 0) is 6.42 Å². The number of thioether (sulfide) groups is 1. The van der Waals surface area contributed by atoms with Crippen LogP contribution in [0.4, 0.5) is 5.13 Å². The Morgan fingerprint density at radius 2 is 2.50 bits per heavy atom. The van der Waals surface area contributed by atoms with E-state index in [-0.39, 0.29) is 0 Å². The minimum Gasteiger partial charge on any atom is -0.385 e. The maximum atomic E-state index is 5.42. The summed E-state index contributed by atoms with van der Waals surface area (Å²) in [4.78, 5) is 4.02. The Kier molecular flexibility index (Phi) is 4.34. The standard InChI is InChI=1S/C6H11N3OS2/c1-10-3-2-4-11-6-8-5(7)12-9-6/h2-4H2,1H3,(H2,7,8,9). The van der Waals surface area contributed by atoms with E-state index >= 15 is 0 Å². The summed E-state index contributed by atoms with van der Waals surface area (Å²) >= 11 is 2.84. The summed E-state index contributed by atoms with van der Waals surface area (Å²) in [5.41, 5.74) is 5.42. The number of nitrogens with two attached hydrogens (primary N) is 1. The van der Waals surface area contributed by atoms with Crippen LogP contribution >= 0.6 is 23.3 Å². The van der Waals surface area contributed by atoms with Gasteiger partial charge in [-0.25, -0.2) is 0 Å². The van der Waals surface area contributed by atoms with Gasteiger partial charge in [-0.15, -0.1) is 0 Å². The molecule has 1 aromatic rings. The van der Waals surface area contributed by atoms with Crippen LogP contribution in [0.1, 0.15) is 6.42 Å². The zero-order valence-corrected chi connectivity index (χ0v) is 8.45. The summed E-state index contributed by atoms with van der Waals surface area (Å²) < 4.78 is 8.95. The number of rotatable bonds is 5. The molecular weight excluding hydrogens is 194 g/mol. The Hall–Kier alpha value is -0.330. The first-order valence-electron chi connectivity index (χ1n) is 3.54. The second-order valence-electron chi connectivity index (χ2n) is 2.11. The predicted molar refractivity (Wildman–Crippen MR) is 51.5 cm³/mol. The molecule has 2 N–H and O–H groups in total. The van der Waals surface area contributed by atoms with Gasteiger partial charge in [0.1, 0.15) is 0 Å². The molecule has 0 atom stereocenters. The molecule has 0 aliphatic carbocycles. The molecule has 0 saturated carbocycles. The molecule has 0 bridgehead atoms. The van der Waals surface area contributed by atoms with E-state index < -0.39 is 0 Å². The van der Waals surface area contributed by atoms with Crippen LogP contribution in [0.2, 0.25) is 0 Å². The van der Waals surface area contributed by atoms with Gasteiger partial charge in [-0.1, -0.05) is 11.8 Å². The van der Waals surface area contributed by atoms with E-state index in [0.29, 0.717) is 5.13 Å². The molecule has 68 valence electrons. The molecule has 0 radical (unpaired) electrons. The summed E-state index contributed by atoms with van der Waals surface area (Å²) in [5, 5.41) is 1.30. The van der Waals surface area contributed by atoms with E-state index in [0.717, 1.165) is 23.9 Å². The highest BCUT2D eigenvalue weighted by Gasteiger charge is 2.00. The summed E-state index contributed by atoms with van der Waals surface area (Å²) in [6, 6.07) is 0. The van der Waals surface area contributed by atoms with E-state index in [4.69, 9.17) is 10.5 Å². The van der Waals surface area contributed by atoms with Crippen LogP contribution in [0.5, 0.6) is 0 Å². The highest BCUT2D eigenvalue weighted by Crippen LogP contribution is 2.18. The van der Waals surface area contributed by atoms with E-state index in [1.54, 1.807) is 18.9 Å². The molecule has 1 aromatic heterocycles. The van der Waals surface area contributed by atoms with E-state index in [9.17, 15) is 0 Å². The monoisotopic (exact) mass is 205 g/mol. The molecule has 0 aliphatic heterocycles. The topological polar surface area (TPSA) is 61.0 Å². The van der Waals surface area contributed by atoms with Crippen molar-refractivity contribution in [1.29, 1.82) is 0 Å². The van der Waals surface area contributed by atoms with Crippen molar-refractivity contribution in [2.24, 2.45) is 0 Å². The van der Waals surface area contributed by atoms with E-state index in [2.05, 4.69) is 9.36 Å². The third-order valence-corrected chi connectivity index (χ3v) is 2.74. The Balaban J connectivity index is 2.15. The third kappa shape index (κ3) is 3.38. The van der Waals surface area contributed by atoms with Crippen molar-refractivity contribution in [3.63, 3.8) is 0 Å². The second kappa shape index (κ2) is 5.34. The minimum absolute atomic E-state index is 0.532. The molecule has 1 heterocycles. The average molecular weight is 205 g/mol. The minimum atomic E-state index is 0.532. The molecule has 0 aliphatic rings. The van der Waals surface area contributed by atoms with Gasteiger partial charge < -0.3 is 10.5 Å². The first-order chi connectivity index (χ1) is 5.83. The maximum absolute atomic E-state index is 5.42. The number of nitrogens with zero attached hydrogens (tertiary/aromatic N) is 2. The lowest BCUT2D eigenvalue weighted by Gasteiger charge is -1.95. The molecule has 0 unspecified atom stereocenters. The molecule has 0 saturated heterocycles. The average Bonchev–Trinajstić information content (AvgIpc) is 2.45.